The van der Waals surface area contributed by atoms with E-state index < -0.39 is 15.9 Å². The van der Waals surface area contributed by atoms with Crippen molar-refractivity contribution in [3.05, 3.63) is 64.7 Å². The molecule has 5 nitrogen and oxygen atoms in total. The van der Waals surface area contributed by atoms with Gasteiger partial charge in [-0.2, -0.15) is 0 Å². The van der Waals surface area contributed by atoms with Gasteiger partial charge in [-0.05, 0) is 43.0 Å². The molecule has 134 valence electrons. The van der Waals surface area contributed by atoms with Gasteiger partial charge in [-0.3, -0.25) is 4.79 Å². The van der Waals surface area contributed by atoms with Crippen molar-refractivity contribution in [1.29, 1.82) is 0 Å². The second-order valence-electron chi connectivity index (χ2n) is 5.74. The summed E-state index contributed by atoms with van der Waals surface area (Å²) in [5.74, 6) is -0.456. The molecule has 2 N–H and O–H groups in total. The van der Waals surface area contributed by atoms with Crippen molar-refractivity contribution in [2.75, 3.05) is 17.6 Å². The van der Waals surface area contributed by atoms with Gasteiger partial charge in [0.05, 0.1) is 12.3 Å². The lowest BCUT2D eigenvalue weighted by Crippen LogP contribution is -2.34. The van der Waals surface area contributed by atoms with Gasteiger partial charge >= 0.3 is 0 Å². The van der Waals surface area contributed by atoms with Crippen LogP contribution in [0.2, 0.25) is 5.02 Å². The number of halogens is 1. The Morgan fingerprint density at radius 3 is 2.56 bits per heavy atom. The monoisotopic (exact) mass is 380 g/mol. The Balaban J connectivity index is 1.78. The first-order valence-corrected chi connectivity index (χ1v) is 9.96. The fourth-order valence-electron chi connectivity index (χ4n) is 2.28. The zero-order chi connectivity index (χ0) is 18.3. The van der Waals surface area contributed by atoms with Gasteiger partial charge < -0.3 is 5.32 Å². The van der Waals surface area contributed by atoms with Crippen molar-refractivity contribution in [2.24, 2.45) is 0 Å². The van der Waals surface area contributed by atoms with Crippen LogP contribution in [-0.4, -0.2) is 26.6 Å². The summed E-state index contributed by atoms with van der Waals surface area (Å²) < 4.78 is 26.3. The maximum absolute atomic E-state index is 12.0. The molecule has 0 unspecified atom stereocenters. The summed E-state index contributed by atoms with van der Waals surface area (Å²) in [4.78, 5) is 11.9. The maximum atomic E-state index is 12.0. The van der Waals surface area contributed by atoms with Crippen LogP contribution in [0.25, 0.3) is 0 Å². The number of amides is 1. The van der Waals surface area contributed by atoms with Gasteiger partial charge in [0.1, 0.15) is 0 Å². The standard InChI is InChI=1S/C18H21ClN2O3S/c1-14-9-10-16(19)12-17(14)21-18(22)13-20-25(23,24)11-5-8-15-6-3-2-4-7-15/h2-4,6-7,9-10,12,20H,5,8,11,13H2,1H3,(H,21,22). The van der Waals surface area contributed by atoms with Crippen molar-refractivity contribution < 1.29 is 13.2 Å². The second kappa shape index (κ2) is 8.99. The number of carbonyl (C=O) groups excluding carboxylic acids is 1. The van der Waals surface area contributed by atoms with Gasteiger partial charge in [-0.15, -0.1) is 0 Å². The predicted octanol–water partition coefficient (Wildman–Crippen LogP) is 3.14. The highest BCUT2D eigenvalue weighted by Gasteiger charge is 2.13. The average Bonchev–Trinajstić information content (AvgIpc) is 2.57. The zero-order valence-corrected chi connectivity index (χ0v) is 15.5. The number of sulfonamides is 1. The van der Waals surface area contributed by atoms with Crippen molar-refractivity contribution in [3.63, 3.8) is 0 Å². The summed E-state index contributed by atoms with van der Waals surface area (Å²) in [6.45, 7) is 1.53. The van der Waals surface area contributed by atoms with Crippen LogP contribution in [0.4, 0.5) is 5.69 Å². The molecule has 1 amide bonds. The van der Waals surface area contributed by atoms with Crippen LogP contribution >= 0.6 is 11.6 Å². The second-order valence-corrected chi connectivity index (χ2v) is 8.10. The average molecular weight is 381 g/mol. The molecule has 0 aliphatic heterocycles. The number of benzene rings is 2. The van der Waals surface area contributed by atoms with Crippen LogP contribution in [0.15, 0.2) is 48.5 Å². The summed E-state index contributed by atoms with van der Waals surface area (Å²) in [5.41, 5.74) is 2.51. The van der Waals surface area contributed by atoms with Gasteiger partial charge in [-0.25, -0.2) is 13.1 Å². The van der Waals surface area contributed by atoms with Crippen molar-refractivity contribution in [2.45, 2.75) is 19.8 Å². The predicted molar refractivity (Wildman–Crippen MR) is 101 cm³/mol. The van der Waals surface area contributed by atoms with E-state index in [9.17, 15) is 13.2 Å². The third kappa shape index (κ3) is 6.86. The lowest BCUT2D eigenvalue weighted by molar-refractivity contribution is -0.115. The summed E-state index contributed by atoms with van der Waals surface area (Å²) >= 11 is 5.89. The number of carbonyl (C=O) groups is 1. The van der Waals surface area contributed by atoms with E-state index in [0.29, 0.717) is 23.6 Å². The van der Waals surface area contributed by atoms with E-state index in [4.69, 9.17) is 11.6 Å². The minimum Gasteiger partial charge on any atom is -0.325 e. The molecule has 0 atom stereocenters. The SMILES string of the molecule is Cc1ccc(Cl)cc1NC(=O)CNS(=O)(=O)CCCc1ccccc1. The molecule has 0 spiro atoms. The highest BCUT2D eigenvalue weighted by molar-refractivity contribution is 7.89. The Hall–Kier alpha value is -1.89. The maximum Gasteiger partial charge on any atom is 0.239 e. The Kier molecular flexibility index (Phi) is 6.99. The van der Waals surface area contributed by atoms with Crippen LogP contribution in [0, 0.1) is 6.92 Å². The molecule has 0 aliphatic carbocycles. The molecule has 25 heavy (non-hydrogen) atoms. The normalized spacial score (nSPS) is 11.3. The fraction of sp³-hybridized carbons (Fsp3) is 0.278. The molecule has 0 aromatic heterocycles. The number of nitrogens with one attached hydrogen (secondary N) is 2. The van der Waals surface area contributed by atoms with Gasteiger partial charge in [0, 0.05) is 10.7 Å². The minimum absolute atomic E-state index is 0.0225. The molecule has 2 aromatic rings. The first-order valence-electron chi connectivity index (χ1n) is 7.93. The first-order chi connectivity index (χ1) is 11.9. The molecule has 0 heterocycles. The van der Waals surface area contributed by atoms with Crippen molar-refractivity contribution in [3.8, 4) is 0 Å². The highest BCUT2D eigenvalue weighted by Crippen LogP contribution is 2.19. The first kappa shape index (κ1) is 19.4. The smallest absolute Gasteiger partial charge is 0.239 e. The molecule has 0 fully saturated rings. The molecule has 0 aliphatic rings. The largest absolute Gasteiger partial charge is 0.325 e. The minimum atomic E-state index is -3.49. The number of anilines is 1. The molecule has 0 saturated carbocycles. The molecule has 7 heteroatoms. The molecule has 2 aromatic carbocycles. The van der Waals surface area contributed by atoms with Gasteiger partial charge in [0.25, 0.3) is 0 Å². The van der Waals surface area contributed by atoms with Crippen LogP contribution in [0.5, 0.6) is 0 Å². The Labute approximate surface area is 153 Å². The Morgan fingerprint density at radius 2 is 1.84 bits per heavy atom. The van der Waals surface area contributed by atoms with E-state index in [1.165, 1.54) is 0 Å². The fourth-order valence-corrected chi connectivity index (χ4v) is 3.47. The lowest BCUT2D eigenvalue weighted by atomic mass is 10.1. The molecular weight excluding hydrogens is 360 g/mol. The van der Waals surface area contributed by atoms with Crippen LogP contribution < -0.4 is 10.0 Å². The third-order valence-corrected chi connectivity index (χ3v) is 5.29. The van der Waals surface area contributed by atoms with E-state index in [1.54, 1.807) is 18.2 Å². The van der Waals surface area contributed by atoms with E-state index in [-0.39, 0.29) is 12.3 Å². The van der Waals surface area contributed by atoms with Crippen molar-refractivity contribution >= 4 is 33.2 Å². The summed E-state index contributed by atoms with van der Waals surface area (Å²) in [5, 5.41) is 3.16. The summed E-state index contributed by atoms with van der Waals surface area (Å²) in [7, 11) is -3.49. The lowest BCUT2D eigenvalue weighted by Gasteiger charge is -2.10. The number of hydrogen-bond donors (Lipinski definition) is 2. The third-order valence-electron chi connectivity index (χ3n) is 3.65. The molecule has 0 saturated heterocycles. The van der Waals surface area contributed by atoms with Gasteiger partial charge in [0.15, 0.2) is 0 Å². The number of hydrogen-bond acceptors (Lipinski definition) is 3. The van der Waals surface area contributed by atoms with Gasteiger partial charge in [0.2, 0.25) is 15.9 Å². The molecule has 2 rings (SSSR count). The van der Waals surface area contributed by atoms with Crippen LogP contribution in [0.3, 0.4) is 0 Å². The number of rotatable bonds is 8. The quantitative estimate of drug-likeness (QED) is 0.738. The van der Waals surface area contributed by atoms with E-state index in [0.717, 1.165) is 11.1 Å². The molecule has 0 bridgehead atoms. The van der Waals surface area contributed by atoms with Crippen LogP contribution in [0.1, 0.15) is 17.5 Å². The van der Waals surface area contributed by atoms with Crippen LogP contribution in [-0.2, 0) is 21.2 Å². The number of aryl methyl sites for hydroxylation is 2. The Bertz CT molecular complexity index is 823. The van der Waals surface area contributed by atoms with Crippen molar-refractivity contribution in [1.82, 2.24) is 4.72 Å². The van der Waals surface area contributed by atoms with E-state index in [1.807, 2.05) is 37.3 Å². The summed E-state index contributed by atoms with van der Waals surface area (Å²) in [6.07, 6.45) is 1.17. The molecular formula is C18H21ClN2O3S. The Morgan fingerprint density at radius 1 is 1.12 bits per heavy atom. The molecule has 0 radical (unpaired) electrons. The highest BCUT2D eigenvalue weighted by atomic mass is 35.5. The van der Waals surface area contributed by atoms with Gasteiger partial charge in [-0.1, -0.05) is 48.0 Å². The zero-order valence-electron chi connectivity index (χ0n) is 14.0. The van der Waals surface area contributed by atoms with E-state index >= 15 is 0 Å². The summed E-state index contributed by atoms with van der Waals surface area (Å²) in [6, 6.07) is 14.8. The topological polar surface area (TPSA) is 75.3 Å². The van der Waals surface area contributed by atoms with E-state index in [2.05, 4.69) is 10.0 Å².